The molecule has 1 aliphatic rings. The first-order chi connectivity index (χ1) is 7.77. The van der Waals surface area contributed by atoms with E-state index in [9.17, 15) is 5.11 Å². The summed E-state index contributed by atoms with van der Waals surface area (Å²) >= 11 is 3.52. The molecule has 1 aromatic carbocycles. The van der Waals surface area contributed by atoms with Crippen molar-refractivity contribution in [3.8, 4) is 0 Å². The Labute approximate surface area is 105 Å². The minimum Gasteiger partial charge on any atom is -0.391 e. The summed E-state index contributed by atoms with van der Waals surface area (Å²) in [6, 6.07) is 8.27. The summed E-state index contributed by atoms with van der Waals surface area (Å²) in [6.07, 6.45) is 5.36. The number of aliphatic hydroxyl groups is 1. The van der Waals surface area contributed by atoms with Gasteiger partial charge in [-0.05, 0) is 40.9 Å². The molecule has 0 aromatic heterocycles. The van der Waals surface area contributed by atoms with Crippen molar-refractivity contribution in [1.82, 2.24) is 0 Å². The molecule has 2 N–H and O–H groups in total. The van der Waals surface area contributed by atoms with E-state index in [2.05, 4.69) is 21.2 Å². The number of nitrogens with one attached hydrogen (secondary N) is 1. The number of para-hydroxylation sites is 1. The molecular weight excluding hydrogens is 266 g/mol. The number of hydrogen-bond donors (Lipinski definition) is 2. The zero-order valence-electron chi connectivity index (χ0n) is 9.32. The van der Waals surface area contributed by atoms with Crippen LogP contribution in [0.1, 0.15) is 32.1 Å². The van der Waals surface area contributed by atoms with Gasteiger partial charge in [0.1, 0.15) is 0 Å². The van der Waals surface area contributed by atoms with Crippen molar-refractivity contribution < 1.29 is 5.11 Å². The Morgan fingerprint density at radius 2 is 1.88 bits per heavy atom. The van der Waals surface area contributed by atoms with Crippen LogP contribution in [0.2, 0.25) is 0 Å². The third-order valence-electron chi connectivity index (χ3n) is 3.19. The molecule has 16 heavy (non-hydrogen) atoms. The second-order valence-electron chi connectivity index (χ2n) is 4.44. The van der Waals surface area contributed by atoms with Crippen molar-refractivity contribution >= 4 is 21.6 Å². The van der Waals surface area contributed by atoms with E-state index in [1.165, 1.54) is 12.8 Å². The molecule has 88 valence electrons. The Hall–Kier alpha value is -0.540. The summed E-state index contributed by atoms with van der Waals surface area (Å²) in [6.45, 7) is 0. The van der Waals surface area contributed by atoms with E-state index >= 15 is 0 Å². The Kier molecular flexibility index (Phi) is 4.24. The standard InChI is InChI=1S/C13H18BrNO/c14-10-6-4-5-7-11(10)15-12-8-2-1-3-9-13(12)16/h4-7,12-13,15-16H,1-3,8-9H2. The van der Waals surface area contributed by atoms with E-state index in [-0.39, 0.29) is 12.1 Å². The minimum absolute atomic E-state index is 0.196. The van der Waals surface area contributed by atoms with Crippen LogP contribution in [0, 0.1) is 0 Å². The zero-order valence-corrected chi connectivity index (χ0v) is 10.9. The maximum absolute atomic E-state index is 10.0. The van der Waals surface area contributed by atoms with Crippen LogP contribution < -0.4 is 5.32 Å². The van der Waals surface area contributed by atoms with Gasteiger partial charge in [0.05, 0.1) is 12.1 Å². The average molecular weight is 284 g/mol. The van der Waals surface area contributed by atoms with Crippen molar-refractivity contribution in [2.75, 3.05) is 5.32 Å². The summed E-state index contributed by atoms with van der Waals surface area (Å²) in [7, 11) is 0. The lowest BCUT2D eigenvalue weighted by molar-refractivity contribution is 0.144. The molecule has 2 atom stereocenters. The van der Waals surface area contributed by atoms with Gasteiger partial charge in [-0.3, -0.25) is 0 Å². The molecule has 2 unspecified atom stereocenters. The first-order valence-electron chi connectivity index (χ1n) is 5.96. The molecule has 0 amide bonds. The Morgan fingerprint density at radius 3 is 2.69 bits per heavy atom. The predicted octanol–water partition coefficient (Wildman–Crippen LogP) is 3.55. The molecule has 0 aliphatic heterocycles. The van der Waals surface area contributed by atoms with Gasteiger partial charge in [-0.25, -0.2) is 0 Å². The fourth-order valence-corrected chi connectivity index (χ4v) is 2.63. The van der Waals surface area contributed by atoms with Crippen molar-refractivity contribution in [1.29, 1.82) is 0 Å². The number of rotatable bonds is 2. The fraction of sp³-hybridized carbons (Fsp3) is 0.538. The maximum atomic E-state index is 10.0. The molecule has 0 spiro atoms. The van der Waals surface area contributed by atoms with Gasteiger partial charge in [0.15, 0.2) is 0 Å². The molecule has 1 aliphatic carbocycles. The molecule has 0 saturated heterocycles. The number of anilines is 1. The van der Waals surface area contributed by atoms with Gasteiger partial charge >= 0.3 is 0 Å². The van der Waals surface area contributed by atoms with Gasteiger partial charge in [-0.15, -0.1) is 0 Å². The lowest BCUT2D eigenvalue weighted by Crippen LogP contribution is -2.32. The molecule has 0 heterocycles. The van der Waals surface area contributed by atoms with Crippen molar-refractivity contribution in [2.45, 2.75) is 44.2 Å². The second-order valence-corrected chi connectivity index (χ2v) is 5.29. The smallest absolute Gasteiger partial charge is 0.0741 e. The highest BCUT2D eigenvalue weighted by molar-refractivity contribution is 9.10. The number of halogens is 1. The highest BCUT2D eigenvalue weighted by atomic mass is 79.9. The van der Waals surface area contributed by atoms with Crippen LogP contribution >= 0.6 is 15.9 Å². The van der Waals surface area contributed by atoms with Crippen molar-refractivity contribution in [3.05, 3.63) is 28.7 Å². The summed E-state index contributed by atoms with van der Waals surface area (Å²) in [4.78, 5) is 0. The third kappa shape index (κ3) is 2.98. The number of hydrogen-bond acceptors (Lipinski definition) is 2. The topological polar surface area (TPSA) is 32.3 Å². The normalized spacial score (nSPS) is 26.1. The van der Waals surface area contributed by atoms with Gasteiger partial charge in [-0.2, -0.15) is 0 Å². The summed E-state index contributed by atoms with van der Waals surface area (Å²) in [5, 5.41) is 13.5. The average Bonchev–Trinajstić information content (AvgIpc) is 2.48. The zero-order chi connectivity index (χ0) is 11.4. The van der Waals surface area contributed by atoms with Gasteiger partial charge in [0.25, 0.3) is 0 Å². The first-order valence-corrected chi connectivity index (χ1v) is 6.76. The van der Waals surface area contributed by atoms with E-state index in [0.717, 1.165) is 29.4 Å². The first kappa shape index (κ1) is 11.9. The number of benzene rings is 1. The van der Waals surface area contributed by atoms with E-state index in [0.29, 0.717) is 0 Å². The molecule has 0 radical (unpaired) electrons. The van der Waals surface area contributed by atoms with Crippen molar-refractivity contribution in [3.63, 3.8) is 0 Å². The largest absolute Gasteiger partial charge is 0.391 e. The highest BCUT2D eigenvalue weighted by Crippen LogP contribution is 2.26. The maximum Gasteiger partial charge on any atom is 0.0741 e. The highest BCUT2D eigenvalue weighted by Gasteiger charge is 2.21. The lowest BCUT2D eigenvalue weighted by Gasteiger charge is -2.23. The Morgan fingerprint density at radius 1 is 1.12 bits per heavy atom. The van der Waals surface area contributed by atoms with Crippen LogP contribution in [0.5, 0.6) is 0 Å². The third-order valence-corrected chi connectivity index (χ3v) is 3.89. The molecule has 1 aromatic rings. The Bertz CT molecular complexity index is 342. The summed E-state index contributed by atoms with van der Waals surface area (Å²) in [5.41, 5.74) is 1.08. The van der Waals surface area contributed by atoms with Gasteiger partial charge in [0.2, 0.25) is 0 Å². The molecular formula is C13H18BrNO. The van der Waals surface area contributed by atoms with E-state index in [1.54, 1.807) is 0 Å². The van der Waals surface area contributed by atoms with Gasteiger partial charge < -0.3 is 10.4 Å². The summed E-state index contributed by atoms with van der Waals surface area (Å²) < 4.78 is 1.06. The lowest BCUT2D eigenvalue weighted by atomic mass is 10.1. The van der Waals surface area contributed by atoms with Crippen LogP contribution in [0.4, 0.5) is 5.69 Å². The van der Waals surface area contributed by atoms with E-state index in [1.807, 2.05) is 24.3 Å². The van der Waals surface area contributed by atoms with Gasteiger partial charge in [0, 0.05) is 10.2 Å². The van der Waals surface area contributed by atoms with Crippen LogP contribution in [0.15, 0.2) is 28.7 Å². The second kappa shape index (κ2) is 5.69. The predicted molar refractivity (Wildman–Crippen MR) is 70.6 cm³/mol. The van der Waals surface area contributed by atoms with E-state index < -0.39 is 0 Å². The van der Waals surface area contributed by atoms with Crippen LogP contribution in [0.3, 0.4) is 0 Å². The minimum atomic E-state index is -0.213. The van der Waals surface area contributed by atoms with E-state index in [4.69, 9.17) is 0 Å². The molecule has 1 fully saturated rings. The molecule has 1 saturated carbocycles. The molecule has 0 bridgehead atoms. The Balaban J connectivity index is 2.05. The fourth-order valence-electron chi connectivity index (χ4n) is 2.23. The van der Waals surface area contributed by atoms with Crippen LogP contribution in [0.25, 0.3) is 0 Å². The van der Waals surface area contributed by atoms with Crippen LogP contribution in [-0.2, 0) is 0 Å². The SMILES string of the molecule is OC1CCCCCC1Nc1ccccc1Br. The molecule has 2 nitrogen and oxygen atoms in total. The monoisotopic (exact) mass is 283 g/mol. The van der Waals surface area contributed by atoms with Gasteiger partial charge in [-0.1, -0.05) is 31.4 Å². The molecule has 2 rings (SSSR count). The van der Waals surface area contributed by atoms with Crippen molar-refractivity contribution in [2.24, 2.45) is 0 Å². The van der Waals surface area contributed by atoms with Crippen LogP contribution in [-0.4, -0.2) is 17.3 Å². The number of aliphatic hydroxyl groups excluding tert-OH is 1. The molecule has 3 heteroatoms. The quantitative estimate of drug-likeness (QED) is 0.814. The summed E-state index contributed by atoms with van der Waals surface area (Å²) in [5.74, 6) is 0.